The average molecular weight is 233 g/mol. The largest absolute Gasteiger partial charge is 0.306 e. The van der Waals surface area contributed by atoms with Crippen molar-refractivity contribution in [2.45, 2.75) is 26.4 Å². The fourth-order valence-corrected chi connectivity index (χ4v) is 1.71. The van der Waals surface area contributed by atoms with Crippen LogP contribution in [0, 0.1) is 12.7 Å². The van der Waals surface area contributed by atoms with Crippen molar-refractivity contribution in [3.8, 4) is 0 Å². The van der Waals surface area contributed by atoms with Gasteiger partial charge in [0.25, 0.3) is 0 Å². The van der Waals surface area contributed by atoms with E-state index in [1.54, 1.807) is 18.3 Å². The maximum atomic E-state index is 13.1. The molecule has 90 valence electrons. The lowest BCUT2D eigenvalue weighted by Crippen LogP contribution is -2.18. The van der Waals surface area contributed by atoms with E-state index in [-0.39, 0.29) is 11.9 Å². The molecule has 0 radical (unpaired) electrons. The van der Waals surface area contributed by atoms with Gasteiger partial charge in [0.05, 0.1) is 6.20 Å². The maximum Gasteiger partial charge on any atom is 0.123 e. The van der Waals surface area contributed by atoms with Crippen LogP contribution in [0.25, 0.3) is 0 Å². The Hall–Kier alpha value is -1.68. The summed E-state index contributed by atoms with van der Waals surface area (Å²) in [5.41, 5.74) is 3.14. The van der Waals surface area contributed by atoms with Crippen molar-refractivity contribution in [1.29, 1.82) is 0 Å². The van der Waals surface area contributed by atoms with Crippen molar-refractivity contribution in [3.05, 3.63) is 53.1 Å². The normalized spacial score (nSPS) is 12.6. The smallest absolute Gasteiger partial charge is 0.123 e. The van der Waals surface area contributed by atoms with E-state index in [9.17, 15) is 4.39 Å². The molecule has 0 fully saturated rings. The molecular weight excluding hydrogens is 217 g/mol. The van der Waals surface area contributed by atoms with Crippen molar-refractivity contribution < 1.29 is 4.39 Å². The Morgan fingerprint density at radius 3 is 2.94 bits per heavy atom. The van der Waals surface area contributed by atoms with Crippen LogP contribution in [0.5, 0.6) is 0 Å². The van der Waals surface area contributed by atoms with E-state index >= 15 is 0 Å². The molecular formula is C13H16FN3. The van der Waals surface area contributed by atoms with Gasteiger partial charge in [-0.3, -0.25) is 5.10 Å². The highest BCUT2D eigenvalue weighted by molar-refractivity contribution is 5.20. The monoisotopic (exact) mass is 233 g/mol. The van der Waals surface area contributed by atoms with Gasteiger partial charge in [0.15, 0.2) is 0 Å². The Morgan fingerprint density at radius 1 is 1.47 bits per heavy atom. The molecule has 0 bridgehead atoms. The predicted molar refractivity (Wildman–Crippen MR) is 65.0 cm³/mol. The van der Waals surface area contributed by atoms with E-state index in [0.717, 1.165) is 23.4 Å². The molecule has 0 saturated carbocycles. The highest BCUT2D eigenvalue weighted by atomic mass is 19.1. The van der Waals surface area contributed by atoms with E-state index in [2.05, 4.69) is 15.5 Å². The van der Waals surface area contributed by atoms with E-state index < -0.39 is 0 Å². The van der Waals surface area contributed by atoms with Crippen molar-refractivity contribution in [3.63, 3.8) is 0 Å². The van der Waals surface area contributed by atoms with E-state index in [4.69, 9.17) is 0 Å². The number of aryl methyl sites for hydroxylation is 1. The summed E-state index contributed by atoms with van der Waals surface area (Å²) in [5, 5.41) is 10.2. The van der Waals surface area contributed by atoms with Gasteiger partial charge in [-0.25, -0.2) is 4.39 Å². The Labute approximate surface area is 100 Å². The Morgan fingerprint density at radius 2 is 2.29 bits per heavy atom. The van der Waals surface area contributed by atoms with Crippen LogP contribution in [-0.4, -0.2) is 10.2 Å². The number of hydrogen-bond acceptors (Lipinski definition) is 2. The molecule has 0 unspecified atom stereocenters. The van der Waals surface area contributed by atoms with Crippen molar-refractivity contribution in [1.82, 2.24) is 15.5 Å². The summed E-state index contributed by atoms with van der Waals surface area (Å²) in [6, 6.07) is 6.77. The fraction of sp³-hybridized carbons (Fsp3) is 0.308. The third kappa shape index (κ3) is 2.91. The number of aromatic nitrogens is 2. The quantitative estimate of drug-likeness (QED) is 0.852. The Bertz CT molecular complexity index is 493. The number of halogens is 1. The first kappa shape index (κ1) is 11.8. The van der Waals surface area contributed by atoms with Crippen molar-refractivity contribution in [2.75, 3.05) is 0 Å². The maximum absolute atomic E-state index is 13.1. The standard InChI is InChI=1S/C13H16FN3/c1-9(11-4-3-5-13(14)6-11)15-7-12-8-16-17-10(12)2/h3-6,8-9,15H,7H2,1-2H3,(H,16,17)/t9-/m1/s1. The molecule has 1 aromatic heterocycles. The van der Waals surface area contributed by atoms with Gasteiger partial charge in [0.2, 0.25) is 0 Å². The topological polar surface area (TPSA) is 40.7 Å². The number of aromatic amines is 1. The molecule has 4 heteroatoms. The average Bonchev–Trinajstić information content (AvgIpc) is 2.72. The molecule has 2 N–H and O–H groups in total. The highest BCUT2D eigenvalue weighted by Gasteiger charge is 2.07. The summed E-state index contributed by atoms with van der Waals surface area (Å²) in [4.78, 5) is 0. The van der Waals surface area contributed by atoms with Crippen LogP contribution in [0.1, 0.15) is 29.8 Å². The zero-order valence-electron chi connectivity index (χ0n) is 10.00. The van der Waals surface area contributed by atoms with Gasteiger partial charge in [-0.15, -0.1) is 0 Å². The summed E-state index contributed by atoms with van der Waals surface area (Å²) in [5.74, 6) is -0.198. The zero-order chi connectivity index (χ0) is 12.3. The molecule has 3 nitrogen and oxygen atoms in total. The lowest BCUT2D eigenvalue weighted by molar-refractivity contribution is 0.564. The highest BCUT2D eigenvalue weighted by Crippen LogP contribution is 2.14. The van der Waals surface area contributed by atoms with E-state index in [1.165, 1.54) is 6.07 Å². The molecule has 0 aliphatic heterocycles. The van der Waals surface area contributed by atoms with Crippen LogP contribution in [0.3, 0.4) is 0 Å². The first-order valence-corrected chi connectivity index (χ1v) is 5.64. The minimum atomic E-state index is -0.198. The summed E-state index contributed by atoms with van der Waals surface area (Å²) >= 11 is 0. The number of benzene rings is 1. The zero-order valence-corrected chi connectivity index (χ0v) is 10.00. The molecule has 2 rings (SSSR count). The molecule has 1 atom stereocenters. The van der Waals surface area contributed by atoms with Crippen molar-refractivity contribution >= 4 is 0 Å². The van der Waals surface area contributed by atoms with Crippen LogP contribution >= 0.6 is 0 Å². The Kier molecular flexibility index (Phi) is 3.54. The summed E-state index contributed by atoms with van der Waals surface area (Å²) in [6.45, 7) is 4.72. The van der Waals surface area contributed by atoms with Gasteiger partial charge in [-0.1, -0.05) is 12.1 Å². The second kappa shape index (κ2) is 5.10. The lowest BCUT2D eigenvalue weighted by Gasteiger charge is -2.13. The Balaban J connectivity index is 1.98. The number of rotatable bonds is 4. The van der Waals surface area contributed by atoms with Crippen LogP contribution in [0.15, 0.2) is 30.5 Å². The molecule has 0 saturated heterocycles. The predicted octanol–water partition coefficient (Wildman–Crippen LogP) is 2.71. The van der Waals surface area contributed by atoms with Crippen LogP contribution < -0.4 is 5.32 Å². The first-order chi connectivity index (χ1) is 8.16. The molecule has 0 aliphatic carbocycles. The minimum Gasteiger partial charge on any atom is -0.306 e. The number of nitrogens with zero attached hydrogens (tertiary/aromatic N) is 1. The van der Waals surface area contributed by atoms with Gasteiger partial charge >= 0.3 is 0 Å². The number of nitrogens with one attached hydrogen (secondary N) is 2. The fourth-order valence-electron chi connectivity index (χ4n) is 1.71. The van der Waals surface area contributed by atoms with Gasteiger partial charge in [0.1, 0.15) is 5.82 Å². The summed E-state index contributed by atoms with van der Waals surface area (Å²) in [7, 11) is 0. The molecule has 2 aromatic rings. The van der Waals surface area contributed by atoms with Crippen LogP contribution in [-0.2, 0) is 6.54 Å². The third-order valence-electron chi connectivity index (χ3n) is 2.88. The molecule has 1 aromatic carbocycles. The van der Waals surface area contributed by atoms with Crippen molar-refractivity contribution in [2.24, 2.45) is 0 Å². The first-order valence-electron chi connectivity index (χ1n) is 5.64. The molecule has 0 spiro atoms. The molecule has 0 aliphatic rings. The molecule has 17 heavy (non-hydrogen) atoms. The minimum absolute atomic E-state index is 0.111. The second-order valence-corrected chi connectivity index (χ2v) is 4.18. The van der Waals surface area contributed by atoms with Gasteiger partial charge in [-0.05, 0) is 31.5 Å². The van der Waals surface area contributed by atoms with E-state index in [0.29, 0.717) is 0 Å². The number of hydrogen-bond donors (Lipinski definition) is 2. The number of H-pyrrole nitrogens is 1. The van der Waals surface area contributed by atoms with Crippen LogP contribution in [0.2, 0.25) is 0 Å². The van der Waals surface area contributed by atoms with E-state index in [1.807, 2.05) is 19.9 Å². The summed E-state index contributed by atoms with van der Waals surface area (Å²) in [6.07, 6.45) is 1.81. The van der Waals surface area contributed by atoms with Crippen LogP contribution in [0.4, 0.5) is 4.39 Å². The molecule has 1 heterocycles. The third-order valence-corrected chi connectivity index (χ3v) is 2.88. The van der Waals surface area contributed by atoms with Gasteiger partial charge in [-0.2, -0.15) is 5.10 Å². The lowest BCUT2D eigenvalue weighted by atomic mass is 10.1. The second-order valence-electron chi connectivity index (χ2n) is 4.18. The summed E-state index contributed by atoms with van der Waals surface area (Å²) < 4.78 is 13.1. The SMILES string of the molecule is Cc1[nH]ncc1CN[C@H](C)c1cccc(F)c1. The van der Waals surface area contributed by atoms with Gasteiger partial charge in [0, 0.05) is 23.8 Å². The van der Waals surface area contributed by atoms with Gasteiger partial charge < -0.3 is 5.32 Å². The molecule has 0 amide bonds.